The molecule has 1 saturated heterocycles. The van der Waals surface area contributed by atoms with E-state index in [0.29, 0.717) is 19.4 Å². The van der Waals surface area contributed by atoms with Crippen molar-refractivity contribution < 1.29 is 29.1 Å². The first-order chi connectivity index (χ1) is 9.64. The molecule has 1 aliphatic heterocycles. The molecule has 0 aromatic carbocycles. The van der Waals surface area contributed by atoms with Gasteiger partial charge in [-0.1, -0.05) is 6.42 Å². The Hall–Kier alpha value is -1.02. The van der Waals surface area contributed by atoms with Crippen LogP contribution in [0.3, 0.4) is 0 Å². The summed E-state index contributed by atoms with van der Waals surface area (Å²) in [6.07, 6.45) is 5.57. The Morgan fingerprint density at radius 2 is 1.85 bits per heavy atom. The molecule has 1 saturated carbocycles. The molecule has 7 heteroatoms. The van der Waals surface area contributed by atoms with Crippen LogP contribution in [0, 0.1) is 5.41 Å². The Balaban J connectivity index is 1.87. The molecule has 0 bridgehead atoms. The second kappa shape index (κ2) is 6.62. The summed E-state index contributed by atoms with van der Waals surface area (Å²) >= 11 is 0. The van der Waals surface area contributed by atoms with E-state index in [4.69, 9.17) is 29.7 Å². The third kappa shape index (κ3) is 3.54. The summed E-state index contributed by atoms with van der Waals surface area (Å²) < 4.78 is 4.83. The maximum Gasteiger partial charge on any atom is 0.305 e. The quantitative estimate of drug-likeness (QED) is 0.474. The van der Waals surface area contributed by atoms with Crippen LogP contribution >= 0.6 is 0 Å². The number of rotatable bonds is 5. The third-order valence-corrected chi connectivity index (χ3v) is 3.49. The van der Waals surface area contributed by atoms with E-state index in [1.54, 1.807) is 6.92 Å². The summed E-state index contributed by atoms with van der Waals surface area (Å²) in [6, 6.07) is 0. The lowest BCUT2D eigenvalue weighted by atomic mass is 9.94. The SMILES string of the molecule is CCOC(=O)CCC1(C=N)OOC2(CCCCC2)OO1. The van der Waals surface area contributed by atoms with Gasteiger partial charge in [-0.3, -0.25) is 4.79 Å². The standard InChI is InChI=1S/C13H21NO6/c1-2-16-11(15)6-9-13(10-14)19-17-12(18-20-13)7-4-3-5-8-12/h10,14H,2-9H2,1H3. The molecule has 0 aromatic heterocycles. The van der Waals surface area contributed by atoms with Gasteiger partial charge in [0.25, 0.3) is 5.79 Å². The van der Waals surface area contributed by atoms with Crippen molar-refractivity contribution in [2.45, 2.75) is 63.4 Å². The average molecular weight is 287 g/mol. The van der Waals surface area contributed by atoms with Crippen molar-refractivity contribution in [3.63, 3.8) is 0 Å². The van der Waals surface area contributed by atoms with Crippen LogP contribution in [0.25, 0.3) is 0 Å². The highest BCUT2D eigenvalue weighted by molar-refractivity contribution is 5.71. The molecule has 2 aliphatic rings. The van der Waals surface area contributed by atoms with Gasteiger partial charge in [-0.15, -0.1) is 0 Å². The largest absolute Gasteiger partial charge is 0.466 e. The molecule has 1 spiro atoms. The average Bonchev–Trinajstić information content (AvgIpc) is 2.49. The van der Waals surface area contributed by atoms with Gasteiger partial charge in [0.15, 0.2) is 0 Å². The van der Waals surface area contributed by atoms with Gasteiger partial charge in [0.1, 0.15) is 0 Å². The number of carbonyl (C=O) groups excluding carboxylic acids is 1. The highest BCUT2D eigenvalue weighted by Crippen LogP contribution is 2.39. The van der Waals surface area contributed by atoms with Crippen LogP contribution < -0.4 is 0 Å². The van der Waals surface area contributed by atoms with Crippen LogP contribution in [-0.4, -0.2) is 30.4 Å². The van der Waals surface area contributed by atoms with Gasteiger partial charge in [-0.05, 0) is 19.8 Å². The van der Waals surface area contributed by atoms with Crippen LogP contribution in [0.5, 0.6) is 0 Å². The van der Waals surface area contributed by atoms with E-state index in [0.717, 1.165) is 25.5 Å². The predicted octanol–water partition coefficient (Wildman–Crippen LogP) is 2.25. The maximum absolute atomic E-state index is 11.3. The molecule has 7 nitrogen and oxygen atoms in total. The molecule has 0 aromatic rings. The molecule has 0 unspecified atom stereocenters. The van der Waals surface area contributed by atoms with Crippen LogP contribution in [0.1, 0.15) is 51.9 Å². The lowest BCUT2D eigenvalue weighted by Gasteiger charge is -2.42. The molecular weight excluding hydrogens is 266 g/mol. The number of carbonyl (C=O) groups is 1. The minimum absolute atomic E-state index is 0.0585. The lowest BCUT2D eigenvalue weighted by Crippen LogP contribution is -2.52. The van der Waals surface area contributed by atoms with Crippen molar-refractivity contribution in [2.24, 2.45) is 0 Å². The smallest absolute Gasteiger partial charge is 0.305 e. The number of ether oxygens (including phenoxy) is 1. The molecule has 2 rings (SSSR count). The molecule has 1 N–H and O–H groups in total. The van der Waals surface area contributed by atoms with Crippen molar-refractivity contribution >= 4 is 12.2 Å². The number of hydrogen-bond acceptors (Lipinski definition) is 7. The second-order valence-electron chi connectivity index (χ2n) is 5.07. The monoisotopic (exact) mass is 287 g/mol. The molecular formula is C13H21NO6. The zero-order valence-electron chi connectivity index (χ0n) is 11.7. The summed E-state index contributed by atoms with van der Waals surface area (Å²) in [5, 5.41) is 7.41. The molecule has 2 fully saturated rings. The van der Waals surface area contributed by atoms with Crippen LogP contribution in [-0.2, 0) is 29.1 Å². The van der Waals surface area contributed by atoms with Gasteiger partial charge in [-0.2, -0.15) is 19.6 Å². The molecule has 114 valence electrons. The fourth-order valence-electron chi connectivity index (χ4n) is 2.29. The summed E-state index contributed by atoms with van der Waals surface area (Å²) in [7, 11) is 0. The minimum atomic E-state index is -1.48. The summed E-state index contributed by atoms with van der Waals surface area (Å²) in [6.45, 7) is 2.05. The molecule has 20 heavy (non-hydrogen) atoms. The highest BCUT2D eigenvalue weighted by Gasteiger charge is 2.48. The van der Waals surface area contributed by atoms with Gasteiger partial charge in [0.05, 0.1) is 19.2 Å². The fraction of sp³-hybridized carbons (Fsp3) is 0.846. The fourth-order valence-corrected chi connectivity index (χ4v) is 2.29. The van der Waals surface area contributed by atoms with Gasteiger partial charge in [-0.25, -0.2) is 0 Å². The Kier molecular flexibility index (Phi) is 5.09. The Morgan fingerprint density at radius 1 is 1.20 bits per heavy atom. The van der Waals surface area contributed by atoms with Gasteiger partial charge >= 0.3 is 5.97 Å². The zero-order chi connectivity index (χ0) is 14.5. The van der Waals surface area contributed by atoms with Crippen molar-refractivity contribution in [2.75, 3.05) is 6.61 Å². The van der Waals surface area contributed by atoms with Gasteiger partial charge in [0, 0.05) is 19.3 Å². The van der Waals surface area contributed by atoms with Crippen molar-refractivity contribution in [3.8, 4) is 0 Å². The van der Waals surface area contributed by atoms with E-state index in [2.05, 4.69) is 0 Å². The first-order valence-corrected chi connectivity index (χ1v) is 7.05. The minimum Gasteiger partial charge on any atom is -0.466 e. The molecule has 1 heterocycles. The maximum atomic E-state index is 11.3. The van der Waals surface area contributed by atoms with Gasteiger partial charge < -0.3 is 10.1 Å². The number of hydrogen-bond donors (Lipinski definition) is 1. The third-order valence-electron chi connectivity index (χ3n) is 3.49. The second-order valence-corrected chi connectivity index (χ2v) is 5.07. The normalized spacial score (nSPS) is 24.2. The first-order valence-electron chi connectivity index (χ1n) is 7.05. The number of nitrogens with one attached hydrogen (secondary N) is 1. The predicted molar refractivity (Wildman–Crippen MR) is 67.5 cm³/mol. The summed E-state index contributed by atoms with van der Waals surface area (Å²) in [4.78, 5) is 32.5. The van der Waals surface area contributed by atoms with Crippen LogP contribution in [0.15, 0.2) is 0 Å². The van der Waals surface area contributed by atoms with Crippen molar-refractivity contribution in [1.29, 1.82) is 5.41 Å². The summed E-state index contributed by atoms with van der Waals surface area (Å²) in [5.74, 6) is -2.72. The Bertz CT molecular complexity index is 343. The van der Waals surface area contributed by atoms with Crippen LogP contribution in [0.4, 0.5) is 0 Å². The topological polar surface area (TPSA) is 87.1 Å². The van der Waals surface area contributed by atoms with Gasteiger partial charge in [0.2, 0.25) is 5.79 Å². The molecule has 1 aliphatic carbocycles. The first kappa shape index (κ1) is 15.4. The van der Waals surface area contributed by atoms with Crippen molar-refractivity contribution in [1.82, 2.24) is 0 Å². The zero-order valence-corrected chi connectivity index (χ0v) is 11.7. The van der Waals surface area contributed by atoms with E-state index < -0.39 is 11.6 Å². The Morgan fingerprint density at radius 3 is 2.40 bits per heavy atom. The Labute approximate surface area is 117 Å². The summed E-state index contributed by atoms with van der Waals surface area (Å²) in [5.41, 5.74) is 0. The number of esters is 1. The van der Waals surface area contributed by atoms with E-state index in [9.17, 15) is 4.79 Å². The molecule has 0 amide bonds. The molecule has 0 radical (unpaired) electrons. The molecule has 0 atom stereocenters. The van der Waals surface area contributed by atoms with E-state index in [1.807, 2.05) is 0 Å². The van der Waals surface area contributed by atoms with Crippen molar-refractivity contribution in [3.05, 3.63) is 0 Å². The van der Waals surface area contributed by atoms with E-state index in [1.165, 1.54) is 0 Å². The van der Waals surface area contributed by atoms with Crippen LogP contribution in [0.2, 0.25) is 0 Å². The van der Waals surface area contributed by atoms with E-state index >= 15 is 0 Å². The van der Waals surface area contributed by atoms with E-state index in [-0.39, 0.29) is 18.8 Å². The highest BCUT2D eigenvalue weighted by atomic mass is 17.4. The lowest BCUT2D eigenvalue weighted by molar-refractivity contribution is -0.644.